The molecule has 0 amide bonds. The number of benzene rings is 2. The van der Waals surface area contributed by atoms with Crippen molar-refractivity contribution < 1.29 is 10.2 Å². The summed E-state index contributed by atoms with van der Waals surface area (Å²) in [5.41, 5.74) is 4.84. The van der Waals surface area contributed by atoms with Crippen molar-refractivity contribution in [2.45, 2.75) is 56.8 Å². The third kappa shape index (κ3) is 3.64. The minimum absolute atomic E-state index is 0.0676. The molecule has 0 radical (unpaired) electrons. The van der Waals surface area contributed by atoms with E-state index in [1.54, 1.807) is 0 Å². The lowest BCUT2D eigenvalue weighted by Gasteiger charge is -2.57. The maximum atomic E-state index is 10.8. The summed E-state index contributed by atoms with van der Waals surface area (Å²) in [5.74, 6) is 3.15. The Hall–Kier alpha value is -2.06. The lowest BCUT2D eigenvalue weighted by Crippen LogP contribution is -2.48. The van der Waals surface area contributed by atoms with Crippen molar-refractivity contribution in [2.24, 2.45) is 17.8 Å². The van der Waals surface area contributed by atoms with Crippen LogP contribution in [0.4, 0.5) is 0 Å². The Morgan fingerprint density at radius 1 is 0.931 bits per heavy atom. The van der Waals surface area contributed by atoms with E-state index in [2.05, 4.69) is 18.2 Å². The van der Waals surface area contributed by atoms with Crippen LogP contribution in [0.25, 0.3) is 5.57 Å². The Bertz CT molecular complexity index is 861. The molecule has 0 spiro atoms. The van der Waals surface area contributed by atoms with Gasteiger partial charge < -0.3 is 10.2 Å². The van der Waals surface area contributed by atoms with Crippen LogP contribution in [0.5, 0.6) is 5.75 Å². The number of allylic oxidation sites excluding steroid dienone is 1. The van der Waals surface area contributed by atoms with Gasteiger partial charge >= 0.3 is 0 Å². The third-order valence-electron chi connectivity index (χ3n) is 7.81. The van der Waals surface area contributed by atoms with Gasteiger partial charge in [-0.05, 0) is 97.3 Å². The fourth-order valence-electron chi connectivity index (χ4n) is 6.94. The van der Waals surface area contributed by atoms with Crippen LogP contribution in [0, 0.1) is 17.8 Å². The van der Waals surface area contributed by atoms with E-state index >= 15 is 0 Å². The molecule has 2 N–H and O–H groups in total. The van der Waals surface area contributed by atoms with E-state index in [4.69, 9.17) is 0 Å². The standard InChI is InChI=1S/C27H32O2/c28-18-24(23-6-2-1-3-7-23)8-4-5-19-9-10-26(29)25(14-19)27-15-20-11-21(16-27)13-22(12-20)17-27/h1-3,6-10,14,20-22,28-29H,4-5,11-13,15-18H2. The summed E-state index contributed by atoms with van der Waals surface area (Å²) in [6, 6.07) is 16.4. The smallest absolute Gasteiger partial charge is 0.119 e. The third-order valence-corrected chi connectivity index (χ3v) is 7.81. The van der Waals surface area contributed by atoms with Crippen LogP contribution < -0.4 is 0 Å². The molecule has 0 aromatic heterocycles. The Labute approximate surface area is 174 Å². The van der Waals surface area contributed by atoms with Crippen molar-refractivity contribution in [3.05, 3.63) is 71.3 Å². The molecule has 0 aliphatic heterocycles. The van der Waals surface area contributed by atoms with E-state index in [-0.39, 0.29) is 12.0 Å². The lowest BCUT2D eigenvalue weighted by molar-refractivity contribution is -0.00616. The number of hydrogen-bond donors (Lipinski definition) is 2. The van der Waals surface area contributed by atoms with Crippen molar-refractivity contribution in [3.8, 4) is 5.75 Å². The highest BCUT2D eigenvalue weighted by atomic mass is 16.3. The van der Waals surface area contributed by atoms with E-state index in [0.717, 1.165) is 41.7 Å². The SMILES string of the molecule is OCC(=CCCc1ccc(O)c(C23CC4CC(CC(C4)C2)C3)c1)c1ccccc1. The predicted octanol–water partition coefficient (Wildman–Crippen LogP) is 5.87. The molecular weight excluding hydrogens is 356 g/mol. The quantitative estimate of drug-likeness (QED) is 0.650. The molecule has 2 aromatic rings. The predicted molar refractivity (Wildman–Crippen MR) is 118 cm³/mol. The fraction of sp³-hybridized carbons (Fsp3) is 0.481. The molecule has 4 aliphatic rings. The summed E-state index contributed by atoms with van der Waals surface area (Å²) in [6.45, 7) is 0.0676. The van der Waals surface area contributed by atoms with E-state index < -0.39 is 0 Å². The number of aromatic hydroxyl groups is 1. The highest BCUT2D eigenvalue weighted by molar-refractivity contribution is 5.66. The molecule has 2 nitrogen and oxygen atoms in total. The second-order valence-electron chi connectivity index (χ2n) is 9.84. The molecule has 4 fully saturated rings. The molecule has 0 atom stereocenters. The highest BCUT2D eigenvalue weighted by Gasteiger charge is 2.52. The van der Waals surface area contributed by atoms with Gasteiger partial charge in [0.05, 0.1) is 6.61 Å². The second-order valence-corrected chi connectivity index (χ2v) is 9.84. The number of aliphatic hydroxyl groups is 1. The Morgan fingerprint density at radius 3 is 2.21 bits per heavy atom. The zero-order chi connectivity index (χ0) is 19.8. The molecular formula is C27H32O2. The Morgan fingerprint density at radius 2 is 1.59 bits per heavy atom. The van der Waals surface area contributed by atoms with Gasteiger partial charge in [-0.25, -0.2) is 0 Å². The van der Waals surface area contributed by atoms with Crippen molar-refractivity contribution in [1.82, 2.24) is 0 Å². The summed E-state index contributed by atoms with van der Waals surface area (Å²) in [7, 11) is 0. The normalized spacial score (nSPS) is 30.7. The van der Waals surface area contributed by atoms with Crippen LogP contribution in [0.3, 0.4) is 0 Å². The van der Waals surface area contributed by atoms with E-state index in [1.807, 2.05) is 36.4 Å². The van der Waals surface area contributed by atoms with Gasteiger partial charge in [-0.15, -0.1) is 0 Å². The average molecular weight is 389 g/mol. The first kappa shape index (κ1) is 18.9. The van der Waals surface area contributed by atoms with Crippen LogP contribution in [-0.4, -0.2) is 16.8 Å². The summed E-state index contributed by atoms with van der Waals surface area (Å²) in [5, 5.41) is 20.5. The number of aryl methyl sites for hydroxylation is 1. The largest absolute Gasteiger partial charge is 0.508 e. The van der Waals surface area contributed by atoms with Crippen molar-refractivity contribution in [2.75, 3.05) is 6.61 Å². The summed E-state index contributed by atoms with van der Waals surface area (Å²) < 4.78 is 0. The summed E-state index contributed by atoms with van der Waals surface area (Å²) >= 11 is 0. The summed E-state index contributed by atoms with van der Waals surface area (Å²) in [4.78, 5) is 0. The monoisotopic (exact) mass is 388 g/mol. The maximum absolute atomic E-state index is 10.8. The van der Waals surface area contributed by atoms with Gasteiger partial charge in [0.2, 0.25) is 0 Å². The molecule has 0 unspecified atom stereocenters. The number of phenolic OH excluding ortho intramolecular Hbond substituents is 1. The zero-order valence-electron chi connectivity index (χ0n) is 17.2. The molecule has 0 saturated heterocycles. The van der Waals surface area contributed by atoms with Crippen LogP contribution >= 0.6 is 0 Å². The van der Waals surface area contributed by atoms with E-state index in [9.17, 15) is 10.2 Å². The first-order chi connectivity index (χ1) is 14.1. The van der Waals surface area contributed by atoms with Gasteiger partial charge in [0.15, 0.2) is 0 Å². The van der Waals surface area contributed by atoms with Gasteiger partial charge in [0.25, 0.3) is 0 Å². The molecule has 4 aliphatic carbocycles. The van der Waals surface area contributed by atoms with E-state index in [0.29, 0.717) is 5.75 Å². The van der Waals surface area contributed by atoms with Crippen LogP contribution in [-0.2, 0) is 11.8 Å². The lowest BCUT2D eigenvalue weighted by atomic mass is 9.48. The Kier molecular flexibility index (Phi) is 4.99. The molecule has 4 saturated carbocycles. The number of phenols is 1. The number of aliphatic hydroxyl groups excluding tert-OH is 1. The van der Waals surface area contributed by atoms with Crippen LogP contribution in [0.1, 0.15) is 61.6 Å². The number of hydrogen-bond acceptors (Lipinski definition) is 2. The van der Waals surface area contributed by atoms with Gasteiger partial charge in [-0.3, -0.25) is 0 Å². The molecule has 4 bridgehead atoms. The Balaban J connectivity index is 1.35. The highest BCUT2D eigenvalue weighted by Crippen LogP contribution is 2.61. The maximum Gasteiger partial charge on any atom is 0.119 e. The van der Waals surface area contributed by atoms with Crippen LogP contribution in [0.2, 0.25) is 0 Å². The topological polar surface area (TPSA) is 40.5 Å². The zero-order valence-corrected chi connectivity index (χ0v) is 17.2. The average Bonchev–Trinajstić information content (AvgIpc) is 2.72. The minimum Gasteiger partial charge on any atom is -0.508 e. The van der Waals surface area contributed by atoms with Crippen LogP contribution in [0.15, 0.2) is 54.6 Å². The molecule has 2 aromatic carbocycles. The molecule has 152 valence electrons. The van der Waals surface area contributed by atoms with Gasteiger partial charge in [0, 0.05) is 5.56 Å². The first-order valence-corrected chi connectivity index (χ1v) is 11.3. The van der Waals surface area contributed by atoms with Gasteiger partial charge in [0.1, 0.15) is 5.75 Å². The van der Waals surface area contributed by atoms with Gasteiger partial charge in [-0.1, -0.05) is 48.5 Å². The minimum atomic E-state index is 0.0676. The van der Waals surface area contributed by atoms with E-state index in [1.165, 1.54) is 49.7 Å². The molecule has 29 heavy (non-hydrogen) atoms. The fourth-order valence-corrected chi connectivity index (χ4v) is 6.94. The second kappa shape index (κ2) is 7.65. The molecule has 6 rings (SSSR count). The first-order valence-electron chi connectivity index (χ1n) is 11.3. The summed E-state index contributed by atoms with van der Waals surface area (Å²) in [6.07, 6.45) is 12.1. The molecule has 0 heterocycles. The van der Waals surface area contributed by atoms with Crippen molar-refractivity contribution in [3.63, 3.8) is 0 Å². The van der Waals surface area contributed by atoms with Crippen molar-refractivity contribution >= 4 is 5.57 Å². The van der Waals surface area contributed by atoms with Crippen molar-refractivity contribution in [1.29, 1.82) is 0 Å². The number of rotatable bonds is 6. The van der Waals surface area contributed by atoms with Gasteiger partial charge in [-0.2, -0.15) is 0 Å². The molecule has 2 heteroatoms.